The van der Waals surface area contributed by atoms with E-state index < -0.39 is 0 Å². The van der Waals surface area contributed by atoms with Crippen molar-refractivity contribution in [2.75, 3.05) is 13.7 Å². The molecule has 0 aromatic heterocycles. The molecule has 4 nitrogen and oxygen atoms in total. The highest BCUT2D eigenvalue weighted by atomic mass is 32.2. The van der Waals surface area contributed by atoms with Crippen LogP contribution >= 0.6 is 11.8 Å². The SMILES string of the molecule is CCOc1ccc(C=C2SC(=Nc3ccccc3)N(C)C2=O)cc1. The molecule has 3 rings (SSSR count). The first-order valence-corrected chi connectivity index (χ1v) is 8.53. The number of ether oxygens (including phenoxy) is 1. The number of aliphatic imine (C=N–C) groups is 1. The van der Waals surface area contributed by atoms with Crippen LogP contribution in [0.2, 0.25) is 0 Å². The number of amides is 1. The summed E-state index contributed by atoms with van der Waals surface area (Å²) in [4.78, 5) is 19.2. The Bertz CT molecular complexity index is 783. The number of amidine groups is 1. The third kappa shape index (κ3) is 3.68. The van der Waals surface area contributed by atoms with Crippen molar-refractivity contribution in [3.8, 4) is 5.75 Å². The van der Waals surface area contributed by atoms with Gasteiger partial charge in [0.1, 0.15) is 5.75 Å². The molecule has 1 saturated heterocycles. The number of nitrogens with zero attached hydrogens (tertiary/aromatic N) is 2. The minimum absolute atomic E-state index is 0.0384. The molecule has 1 aliphatic heterocycles. The van der Waals surface area contributed by atoms with Crippen LogP contribution in [0, 0.1) is 0 Å². The van der Waals surface area contributed by atoms with E-state index in [1.165, 1.54) is 11.8 Å². The second-order valence-corrected chi connectivity index (χ2v) is 6.22. The van der Waals surface area contributed by atoms with Crippen molar-refractivity contribution in [1.29, 1.82) is 0 Å². The number of hydrogen-bond acceptors (Lipinski definition) is 4. The van der Waals surface area contributed by atoms with Crippen LogP contribution in [0.1, 0.15) is 12.5 Å². The molecule has 2 aromatic carbocycles. The highest BCUT2D eigenvalue weighted by Gasteiger charge is 2.30. The Hall–Kier alpha value is -2.53. The van der Waals surface area contributed by atoms with E-state index in [0.29, 0.717) is 16.7 Å². The van der Waals surface area contributed by atoms with Gasteiger partial charge in [-0.3, -0.25) is 9.69 Å². The molecule has 0 radical (unpaired) electrons. The standard InChI is InChI=1S/C19H18N2O2S/c1-3-23-16-11-9-14(10-12-16)13-17-18(22)21(2)19(24-17)20-15-7-5-4-6-8-15/h4-13H,3H2,1-2H3. The van der Waals surface area contributed by atoms with E-state index in [1.54, 1.807) is 11.9 Å². The molecule has 0 N–H and O–H groups in total. The van der Waals surface area contributed by atoms with Crippen LogP contribution in [0.25, 0.3) is 6.08 Å². The average Bonchev–Trinajstić information content (AvgIpc) is 2.86. The number of thioether (sulfide) groups is 1. The predicted octanol–water partition coefficient (Wildman–Crippen LogP) is 4.32. The van der Waals surface area contributed by atoms with Crippen LogP contribution < -0.4 is 4.74 Å². The second-order valence-electron chi connectivity index (χ2n) is 5.21. The summed E-state index contributed by atoms with van der Waals surface area (Å²) in [6.45, 7) is 2.59. The first-order chi connectivity index (χ1) is 11.7. The predicted molar refractivity (Wildman–Crippen MR) is 99.5 cm³/mol. The maximum Gasteiger partial charge on any atom is 0.266 e. The van der Waals surface area contributed by atoms with Crippen LogP contribution in [0.5, 0.6) is 5.75 Å². The molecule has 24 heavy (non-hydrogen) atoms. The fourth-order valence-electron chi connectivity index (χ4n) is 2.24. The van der Waals surface area contributed by atoms with Gasteiger partial charge >= 0.3 is 0 Å². The molecule has 0 unspecified atom stereocenters. The number of hydrogen-bond donors (Lipinski definition) is 0. The van der Waals surface area contributed by atoms with Gasteiger partial charge in [0.25, 0.3) is 5.91 Å². The summed E-state index contributed by atoms with van der Waals surface area (Å²) >= 11 is 1.39. The number of carbonyl (C=O) groups is 1. The van der Waals surface area contributed by atoms with Gasteiger partial charge in [0.05, 0.1) is 17.2 Å². The van der Waals surface area contributed by atoms with E-state index >= 15 is 0 Å². The van der Waals surface area contributed by atoms with E-state index in [0.717, 1.165) is 17.0 Å². The number of para-hydroxylation sites is 1. The molecular weight excluding hydrogens is 320 g/mol. The third-order valence-electron chi connectivity index (χ3n) is 3.47. The summed E-state index contributed by atoms with van der Waals surface area (Å²) in [5.74, 6) is 0.789. The zero-order valence-electron chi connectivity index (χ0n) is 13.6. The number of rotatable bonds is 4. The zero-order chi connectivity index (χ0) is 16.9. The lowest BCUT2D eigenvalue weighted by Crippen LogP contribution is -2.23. The van der Waals surface area contributed by atoms with E-state index in [1.807, 2.05) is 67.6 Å². The summed E-state index contributed by atoms with van der Waals surface area (Å²) in [6, 6.07) is 17.3. The Balaban J connectivity index is 1.82. The Kier molecular flexibility index (Phi) is 5.01. The molecule has 2 aromatic rings. The van der Waals surface area contributed by atoms with E-state index in [2.05, 4.69) is 4.99 Å². The zero-order valence-corrected chi connectivity index (χ0v) is 14.4. The van der Waals surface area contributed by atoms with Gasteiger partial charge in [0.15, 0.2) is 5.17 Å². The van der Waals surface area contributed by atoms with Gasteiger partial charge in [-0.15, -0.1) is 0 Å². The summed E-state index contributed by atoms with van der Waals surface area (Å²) in [7, 11) is 1.75. The summed E-state index contributed by atoms with van der Waals surface area (Å²) in [6.07, 6.45) is 1.88. The van der Waals surface area contributed by atoms with Crippen LogP contribution in [0.3, 0.4) is 0 Å². The summed E-state index contributed by atoms with van der Waals surface area (Å²) in [5, 5.41) is 0.684. The molecule has 122 valence electrons. The minimum atomic E-state index is -0.0384. The van der Waals surface area contributed by atoms with Gasteiger partial charge in [-0.05, 0) is 54.6 Å². The van der Waals surface area contributed by atoms with Gasteiger partial charge in [0, 0.05) is 7.05 Å². The highest BCUT2D eigenvalue weighted by Crippen LogP contribution is 2.33. The molecule has 0 bridgehead atoms. The van der Waals surface area contributed by atoms with Gasteiger partial charge in [-0.1, -0.05) is 30.3 Å². The van der Waals surface area contributed by atoms with Crippen molar-refractivity contribution in [3.05, 3.63) is 65.1 Å². The molecule has 1 fully saturated rings. The summed E-state index contributed by atoms with van der Waals surface area (Å²) < 4.78 is 5.43. The second kappa shape index (κ2) is 7.36. The number of likely N-dealkylation sites (N-methyl/N-ethyl adjacent to an activating group) is 1. The quantitative estimate of drug-likeness (QED) is 0.780. The largest absolute Gasteiger partial charge is 0.494 e. The maximum absolute atomic E-state index is 12.4. The number of carbonyl (C=O) groups excluding carboxylic acids is 1. The molecule has 0 aliphatic carbocycles. The van der Waals surface area contributed by atoms with Crippen LogP contribution in [0.15, 0.2) is 64.5 Å². The van der Waals surface area contributed by atoms with E-state index in [9.17, 15) is 4.79 Å². The lowest BCUT2D eigenvalue weighted by Gasteiger charge is -2.06. The van der Waals surface area contributed by atoms with Crippen molar-refractivity contribution >= 4 is 34.6 Å². The third-order valence-corrected chi connectivity index (χ3v) is 4.53. The van der Waals surface area contributed by atoms with Crippen molar-refractivity contribution in [3.63, 3.8) is 0 Å². The van der Waals surface area contributed by atoms with Crippen LogP contribution in [-0.4, -0.2) is 29.6 Å². The molecule has 0 spiro atoms. The van der Waals surface area contributed by atoms with Crippen molar-refractivity contribution in [1.82, 2.24) is 4.90 Å². The molecule has 0 saturated carbocycles. The monoisotopic (exact) mass is 338 g/mol. The Morgan fingerprint density at radius 1 is 1.12 bits per heavy atom. The number of benzene rings is 2. The minimum Gasteiger partial charge on any atom is -0.494 e. The fourth-order valence-corrected chi connectivity index (χ4v) is 3.23. The van der Waals surface area contributed by atoms with Crippen molar-refractivity contribution in [2.24, 2.45) is 4.99 Å². The molecule has 0 atom stereocenters. The molecule has 1 amide bonds. The van der Waals surface area contributed by atoms with Gasteiger partial charge in [0.2, 0.25) is 0 Å². The van der Waals surface area contributed by atoms with Crippen LogP contribution in [0.4, 0.5) is 5.69 Å². The van der Waals surface area contributed by atoms with Crippen LogP contribution in [-0.2, 0) is 4.79 Å². The van der Waals surface area contributed by atoms with Crippen molar-refractivity contribution in [2.45, 2.75) is 6.92 Å². The molecule has 5 heteroatoms. The van der Waals surface area contributed by atoms with E-state index in [4.69, 9.17) is 4.74 Å². The Morgan fingerprint density at radius 2 is 1.83 bits per heavy atom. The topological polar surface area (TPSA) is 41.9 Å². The summed E-state index contributed by atoms with van der Waals surface area (Å²) in [5.41, 5.74) is 1.80. The first-order valence-electron chi connectivity index (χ1n) is 7.71. The highest BCUT2D eigenvalue weighted by molar-refractivity contribution is 8.18. The normalized spacial score (nSPS) is 17.8. The molecular formula is C19H18N2O2S. The first kappa shape index (κ1) is 16.3. The smallest absolute Gasteiger partial charge is 0.266 e. The average molecular weight is 338 g/mol. The fraction of sp³-hybridized carbons (Fsp3) is 0.158. The Labute approximate surface area is 145 Å². The van der Waals surface area contributed by atoms with Gasteiger partial charge < -0.3 is 4.74 Å². The Morgan fingerprint density at radius 3 is 2.50 bits per heavy atom. The van der Waals surface area contributed by atoms with Gasteiger partial charge in [-0.25, -0.2) is 4.99 Å². The lowest BCUT2D eigenvalue weighted by molar-refractivity contribution is -0.121. The lowest BCUT2D eigenvalue weighted by atomic mass is 10.2. The van der Waals surface area contributed by atoms with Crippen molar-refractivity contribution < 1.29 is 9.53 Å². The van der Waals surface area contributed by atoms with E-state index in [-0.39, 0.29) is 5.91 Å². The van der Waals surface area contributed by atoms with Gasteiger partial charge in [-0.2, -0.15) is 0 Å². The maximum atomic E-state index is 12.4. The molecule has 1 aliphatic rings. The molecule has 1 heterocycles.